The second-order valence-corrected chi connectivity index (χ2v) is 12.7. The fraction of sp³-hybridized carbons (Fsp3) is 0.273. The Labute approximate surface area is 263 Å². The molecule has 0 bridgehead atoms. The summed E-state index contributed by atoms with van der Waals surface area (Å²) in [6.45, 7) is 7.35. The van der Waals surface area contributed by atoms with E-state index in [1.165, 1.54) is 30.7 Å². The van der Waals surface area contributed by atoms with Gasteiger partial charge in [0.1, 0.15) is 17.2 Å². The molecule has 0 saturated carbocycles. The van der Waals surface area contributed by atoms with Crippen molar-refractivity contribution in [3.8, 4) is 33.9 Å². The molecule has 11 nitrogen and oxygen atoms in total. The quantitative estimate of drug-likeness (QED) is 0.148. The van der Waals surface area contributed by atoms with Crippen LogP contribution in [-0.2, 0) is 4.79 Å². The lowest BCUT2D eigenvalue weighted by atomic mass is 9.92. The van der Waals surface area contributed by atoms with Gasteiger partial charge < -0.3 is 20.5 Å². The third-order valence-electron chi connectivity index (χ3n) is 7.25. The minimum absolute atomic E-state index is 0.0436. The van der Waals surface area contributed by atoms with E-state index >= 15 is 4.39 Å². The number of nitrogens with zero attached hydrogens (tertiary/aromatic N) is 6. The highest BCUT2D eigenvalue weighted by Crippen LogP contribution is 2.35. The molecule has 6 aromatic rings. The number of aromatic amines is 2. The van der Waals surface area contributed by atoms with Crippen LogP contribution in [-0.4, -0.2) is 73.1 Å². The number of amides is 1. The zero-order valence-corrected chi connectivity index (χ0v) is 26.2. The topological polar surface area (TPSA) is 140 Å². The van der Waals surface area contributed by atoms with Crippen LogP contribution >= 0.6 is 0 Å². The van der Waals surface area contributed by atoms with E-state index in [4.69, 9.17) is 4.98 Å². The number of hydrogen-bond acceptors (Lipinski definition) is 8. The minimum Gasteiger partial charge on any atom is -0.384 e. The van der Waals surface area contributed by atoms with Crippen LogP contribution in [0.1, 0.15) is 27.2 Å². The fourth-order valence-electron chi connectivity index (χ4n) is 5.20. The van der Waals surface area contributed by atoms with E-state index in [0.29, 0.717) is 63.4 Å². The summed E-state index contributed by atoms with van der Waals surface area (Å²) in [6, 6.07) is 6.35. The van der Waals surface area contributed by atoms with Crippen LogP contribution in [0.2, 0.25) is 0 Å². The van der Waals surface area contributed by atoms with E-state index < -0.39 is 11.6 Å². The first-order chi connectivity index (χ1) is 21.9. The molecule has 0 unspecified atom stereocenters. The molecule has 4 N–H and O–H groups in total. The number of aromatic nitrogens is 7. The van der Waals surface area contributed by atoms with Gasteiger partial charge in [0.15, 0.2) is 11.6 Å². The number of hydrogen-bond donors (Lipinski definition) is 4. The van der Waals surface area contributed by atoms with E-state index in [1.54, 1.807) is 18.5 Å². The maximum Gasteiger partial charge on any atom is 0.224 e. The summed E-state index contributed by atoms with van der Waals surface area (Å²) < 4.78 is 30.9. The molecule has 1 amide bonds. The number of benzene rings is 1. The van der Waals surface area contributed by atoms with Gasteiger partial charge in [-0.25, -0.2) is 13.8 Å². The third kappa shape index (κ3) is 6.54. The summed E-state index contributed by atoms with van der Waals surface area (Å²) in [5.74, 6) is -0.890. The minimum atomic E-state index is -0.626. The van der Waals surface area contributed by atoms with Gasteiger partial charge in [-0.2, -0.15) is 5.10 Å². The Balaban J connectivity index is 1.36. The molecule has 5 heterocycles. The van der Waals surface area contributed by atoms with Crippen molar-refractivity contribution in [2.45, 2.75) is 27.2 Å². The molecule has 46 heavy (non-hydrogen) atoms. The number of halogens is 2. The second-order valence-electron chi connectivity index (χ2n) is 12.7. The molecular formula is C33H34F2N10O. The van der Waals surface area contributed by atoms with Crippen LogP contribution in [0.25, 0.3) is 55.8 Å². The summed E-state index contributed by atoms with van der Waals surface area (Å²) in [5, 5.41) is 13.5. The van der Waals surface area contributed by atoms with Crippen molar-refractivity contribution in [2.75, 3.05) is 37.8 Å². The molecule has 0 spiro atoms. The van der Waals surface area contributed by atoms with Gasteiger partial charge >= 0.3 is 0 Å². The van der Waals surface area contributed by atoms with Crippen molar-refractivity contribution in [1.29, 1.82) is 0 Å². The van der Waals surface area contributed by atoms with Crippen molar-refractivity contribution in [3.63, 3.8) is 0 Å². The number of imidazole rings is 1. The summed E-state index contributed by atoms with van der Waals surface area (Å²) in [6.07, 6.45) is 8.02. The van der Waals surface area contributed by atoms with Crippen molar-refractivity contribution >= 4 is 39.2 Å². The maximum atomic E-state index is 16.2. The number of carbonyl (C=O) groups is 1. The van der Waals surface area contributed by atoms with Gasteiger partial charge in [-0.15, -0.1) is 0 Å². The molecule has 0 aliphatic carbocycles. The molecule has 236 valence electrons. The number of carbonyl (C=O) groups excluding carboxylic acids is 1. The molecule has 0 aliphatic rings. The van der Waals surface area contributed by atoms with Crippen LogP contribution < -0.4 is 10.6 Å². The number of pyridine rings is 3. The summed E-state index contributed by atoms with van der Waals surface area (Å²) >= 11 is 0. The van der Waals surface area contributed by atoms with Gasteiger partial charge in [-0.1, -0.05) is 20.8 Å². The smallest absolute Gasteiger partial charge is 0.224 e. The Kier molecular flexibility index (Phi) is 8.17. The molecule has 6 rings (SSSR count). The zero-order valence-electron chi connectivity index (χ0n) is 26.2. The van der Waals surface area contributed by atoms with Gasteiger partial charge in [0.05, 0.1) is 46.2 Å². The lowest BCUT2D eigenvalue weighted by molar-refractivity contribution is -0.117. The molecule has 0 fully saturated rings. The molecule has 5 aromatic heterocycles. The van der Waals surface area contributed by atoms with Gasteiger partial charge in [-0.3, -0.25) is 24.8 Å². The van der Waals surface area contributed by atoms with Crippen molar-refractivity contribution < 1.29 is 13.6 Å². The highest BCUT2D eigenvalue weighted by molar-refractivity contribution is 5.98. The third-order valence-corrected chi connectivity index (χ3v) is 7.25. The number of rotatable bonds is 9. The summed E-state index contributed by atoms with van der Waals surface area (Å²) in [7, 11) is 3.94. The lowest BCUT2D eigenvalue weighted by Gasteiger charge is -2.17. The first-order valence-corrected chi connectivity index (χ1v) is 14.8. The molecule has 13 heteroatoms. The molecule has 0 aliphatic heterocycles. The maximum absolute atomic E-state index is 16.2. The molecule has 1 aromatic carbocycles. The predicted octanol–water partition coefficient (Wildman–Crippen LogP) is 6.25. The number of likely N-dealkylation sites (N-methyl/N-ethyl adjacent to an activating group) is 1. The standard InChI is InChI=1S/C33H34F2N10O/c1-33(2,3)12-26(46)40-22-10-19(13-36-14-22)29-28(35)27-24(17-39-29)43-44-31(27)32-41-25-16-37-15-23(30(25)42-32)18-8-20(34)11-21(9-18)38-6-7-45(4)5/h8-11,13-17,38H,6-7,12H2,1-5H3,(H,40,46)(H,41,42)(H,43,44). The highest BCUT2D eigenvalue weighted by atomic mass is 19.1. The largest absolute Gasteiger partial charge is 0.384 e. The van der Waals surface area contributed by atoms with E-state index in [-0.39, 0.29) is 28.1 Å². The molecule has 0 atom stereocenters. The van der Waals surface area contributed by atoms with Crippen LogP contribution in [0.5, 0.6) is 0 Å². The Morgan fingerprint density at radius 3 is 2.48 bits per heavy atom. The first kappa shape index (κ1) is 30.7. The van der Waals surface area contributed by atoms with Crippen LogP contribution in [0.15, 0.2) is 55.2 Å². The predicted molar refractivity (Wildman–Crippen MR) is 175 cm³/mol. The number of H-pyrrole nitrogens is 2. The number of anilines is 2. The van der Waals surface area contributed by atoms with Crippen LogP contribution in [0.4, 0.5) is 20.2 Å². The second kappa shape index (κ2) is 12.2. The van der Waals surface area contributed by atoms with E-state index in [2.05, 4.69) is 40.8 Å². The van der Waals surface area contributed by atoms with Crippen LogP contribution in [0.3, 0.4) is 0 Å². The van der Waals surface area contributed by atoms with Gasteiger partial charge in [0, 0.05) is 48.7 Å². The first-order valence-electron chi connectivity index (χ1n) is 14.8. The molecule has 0 saturated heterocycles. The van der Waals surface area contributed by atoms with E-state index in [9.17, 15) is 9.18 Å². The monoisotopic (exact) mass is 624 g/mol. The SMILES string of the molecule is CN(C)CCNc1cc(F)cc(-c2cncc3[nH]c(-c4n[nH]c5cnc(-c6cncc(NC(=O)CC(C)(C)C)c6)c(F)c45)nc23)c1. The average Bonchev–Trinajstić information content (AvgIpc) is 3.61. The normalized spacial score (nSPS) is 11.9. The van der Waals surface area contributed by atoms with E-state index in [1.807, 2.05) is 45.8 Å². The van der Waals surface area contributed by atoms with Crippen molar-refractivity contribution in [3.05, 3.63) is 66.9 Å². The van der Waals surface area contributed by atoms with Crippen molar-refractivity contribution in [2.24, 2.45) is 5.41 Å². The van der Waals surface area contributed by atoms with E-state index in [0.717, 1.165) is 6.54 Å². The zero-order chi connectivity index (χ0) is 32.6. The Bertz CT molecular complexity index is 2060. The Hall–Kier alpha value is -5.30. The fourth-order valence-corrected chi connectivity index (χ4v) is 5.20. The summed E-state index contributed by atoms with van der Waals surface area (Å²) in [4.78, 5) is 35.4. The summed E-state index contributed by atoms with van der Waals surface area (Å²) in [5.41, 5.74) is 4.23. The van der Waals surface area contributed by atoms with Gasteiger partial charge in [0.25, 0.3) is 0 Å². The molecular weight excluding hydrogens is 590 g/mol. The highest BCUT2D eigenvalue weighted by Gasteiger charge is 2.22. The Morgan fingerprint density at radius 2 is 1.70 bits per heavy atom. The Morgan fingerprint density at radius 1 is 0.913 bits per heavy atom. The van der Waals surface area contributed by atoms with Crippen LogP contribution in [0, 0.1) is 17.0 Å². The molecule has 0 radical (unpaired) electrons. The van der Waals surface area contributed by atoms with Crippen molar-refractivity contribution in [1.82, 2.24) is 40.0 Å². The lowest BCUT2D eigenvalue weighted by Crippen LogP contribution is -2.20. The van der Waals surface area contributed by atoms with Gasteiger partial charge in [0.2, 0.25) is 5.91 Å². The number of nitrogens with one attached hydrogen (secondary N) is 4. The van der Waals surface area contributed by atoms with Gasteiger partial charge in [-0.05, 0) is 49.3 Å². The number of fused-ring (bicyclic) bond motifs is 2. The average molecular weight is 625 g/mol.